The quantitative estimate of drug-likeness (QED) is 0.657. The molecule has 1 saturated heterocycles. The van der Waals surface area contributed by atoms with Crippen LogP contribution in [0.25, 0.3) is 17.2 Å². The third-order valence-electron chi connectivity index (χ3n) is 3.05. The minimum Gasteiger partial charge on any atom is -0.508 e. The van der Waals surface area contributed by atoms with Crippen molar-refractivity contribution in [1.82, 2.24) is 5.32 Å². The minimum atomic E-state index is -0.146. The highest BCUT2D eigenvalue weighted by molar-refractivity contribution is 8.26. The lowest BCUT2D eigenvalue weighted by Crippen LogP contribution is -2.17. The Balaban J connectivity index is 1.84. The molecule has 0 spiro atoms. The number of phenolic OH excluding ortho intramolecular Hbond substituents is 1. The number of phenols is 1. The van der Waals surface area contributed by atoms with Gasteiger partial charge in [0.15, 0.2) is 0 Å². The number of thiocarbonyl (C=S) groups is 1. The number of amides is 1. The smallest absolute Gasteiger partial charge is 0.263 e. The second-order valence-electron chi connectivity index (χ2n) is 4.52. The third kappa shape index (κ3) is 3.15. The number of aromatic hydroxyl groups is 1. The van der Waals surface area contributed by atoms with Crippen LogP contribution in [-0.4, -0.2) is 15.3 Å². The first kappa shape index (κ1) is 13.9. The number of thioether (sulfide) groups is 1. The Bertz CT molecular complexity index is 734. The van der Waals surface area contributed by atoms with Gasteiger partial charge < -0.3 is 10.4 Å². The largest absolute Gasteiger partial charge is 0.508 e. The lowest BCUT2D eigenvalue weighted by Gasteiger charge is -2.03. The first-order chi connectivity index (χ1) is 10.1. The SMILES string of the molecule is O=C1NC(=S)S/C1=C/c1ccc(-c2ccc(O)cc2)cc1. The zero-order valence-corrected chi connectivity index (χ0v) is 12.5. The van der Waals surface area contributed by atoms with Crippen molar-refractivity contribution in [2.45, 2.75) is 0 Å². The highest BCUT2D eigenvalue weighted by Gasteiger charge is 2.21. The number of nitrogens with one attached hydrogen (secondary N) is 1. The Labute approximate surface area is 131 Å². The van der Waals surface area contributed by atoms with Gasteiger partial charge in [-0.05, 0) is 34.9 Å². The zero-order chi connectivity index (χ0) is 14.8. The van der Waals surface area contributed by atoms with Gasteiger partial charge in [-0.1, -0.05) is 60.4 Å². The van der Waals surface area contributed by atoms with Crippen LogP contribution in [0.15, 0.2) is 53.4 Å². The molecule has 0 atom stereocenters. The van der Waals surface area contributed by atoms with Crippen molar-refractivity contribution < 1.29 is 9.90 Å². The Kier molecular flexibility index (Phi) is 3.77. The molecule has 1 heterocycles. The van der Waals surface area contributed by atoms with E-state index < -0.39 is 0 Å². The fraction of sp³-hybridized carbons (Fsp3) is 0. The average Bonchev–Trinajstić information content (AvgIpc) is 2.79. The summed E-state index contributed by atoms with van der Waals surface area (Å²) in [6, 6.07) is 14.9. The second-order valence-corrected chi connectivity index (χ2v) is 6.24. The molecule has 104 valence electrons. The minimum absolute atomic E-state index is 0.146. The molecule has 0 unspecified atom stereocenters. The molecule has 1 fully saturated rings. The van der Waals surface area contributed by atoms with Crippen LogP contribution in [0.5, 0.6) is 5.75 Å². The van der Waals surface area contributed by atoms with E-state index in [4.69, 9.17) is 12.2 Å². The van der Waals surface area contributed by atoms with E-state index in [0.717, 1.165) is 16.7 Å². The van der Waals surface area contributed by atoms with Crippen LogP contribution < -0.4 is 5.32 Å². The lowest BCUT2D eigenvalue weighted by molar-refractivity contribution is -0.115. The summed E-state index contributed by atoms with van der Waals surface area (Å²) in [5, 5.41) is 11.9. The molecule has 2 aromatic carbocycles. The summed E-state index contributed by atoms with van der Waals surface area (Å²) in [7, 11) is 0. The van der Waals surface area contributed by atoms with Crippen molar-refractivity contribution in [2.75, 3.05) is 0 Å². The predicted octanol–water partition coefficient (Wildman–Crippen LogP) is 3.55. The predicted molar refractivity (Wildman–Crippen MR) is 89.9 cm³/mol. The summed E-state index contributed by atoms with van der Waals surface area (Å²) in [6.45, 7) is 0. The van der Waals surface area contributed by atoms with Gasteiger partial charge in [0.25, 0.3) is 5.91 Å². The standard InChI is InChI=1S/C16H11NO2S2/c18-13-7-5-12(6-8-13)11-3-1-10(2-4-11)9-14-15(19)17-16(20)21-14/h1-9,18H,(H,17,19,20)/b14-9+. The highest BCUT2D eigenvalue weighted by atomic mass is 32.2. The van der Waals surface area contributed by atoms with E-state index in [-0.39, 0.29) is 11.7 Å². The molecule has 3 nitrogen and oxygen atoms in total. The molecule has 2 N–H and O–H groups in total. The van der Waals surface area contributed by atoms with E-state index in [0.29, 0.717) is 9.23 Å². The van der Waals surface area contributed by atoms with Gasteiger partial charge >= 0.3 is 0 Å². The van der Waals surface area contributed by atoms with Crippen molar-refractivity contribution in [2.24, 2.45) is 0 Å². The summed E-state index contributed by atoms with van der Waals surface area (Å²) >= 11 is 6.23. The first-order valence-electron chi connectivity index (χ1n) is 6.26. The number of carbonyl (C=O) groups excluding carboxylic acids is 1. The molecule has 0 bridgehead atoms. The maximum Gasteiger partial charge on any atom is 0.263 e. The Morgan fingerprint density at radius 1 is 1.00 bits per heavy atom. The maximum absolute atomic E-state index is 11.6. The fourth-order valence-corrected chi connectivity index (χ4v) is 3.04. The Hall–Kier alpha value is -2.11. The number of benzene rings is 2. The molecule has 0 radical (unpaired) electrons. The molecule has 5 heteroatoms. The Morgan fingerprint density at radius 3 is 2.10 bits per heavy atom. The molecule has 0 aromatic heterocycles. The number of carbonyl (C=O) groups is 1. The van der Waals surface area contributed by atoms with Crippen LogP contribution in [0.4, 0.5) is 0 Å². The fourth-order valence-electron chi connectivity index (χ4n) is 2.00. The van der Waals surface area contributed by atoms with Crippen LogP contribution in [0.3, 0.4) is 0 Å². The Morgan fingerprint density at radius 2 is 1.57 bits per heavy atom. The average molecular weight is 313 g/mol. The van der Waals surface area contributed by atoms with Gasteiger partial charge in [-0.15, -0.1) is 0 Å². The van der Waals surface area contributed by atoms with Gasteiger partial charge in [-0.25, -0.2) is 0 Å². The van der Waals surface area contributed by atoms with Gasteiger partial charge in [0.05, 0.1) is 4.91 Å². The van der Waals surface area contributed by atoms with Gasteiger partial charge in [-0.3, -0.25) is 4.79 Å². The van der Waals surface area contributed by atoms with E-state index in [2.05, 4.69) is 5.32 Å². The normalized spacial score (nSPS) is 16.3. The van der Waals surface area contributed by atoms with E-state index in [9.17, 15) is 9.90 Å². The molecule has 1 aliphatic rings. The van der Waals surface area contributed by atoms with Crippen molar-refractivity contribution in [3.8, 4) is 16.9 Å². The van der Waals surface area contributed by atoms with Gasteiger partial charge in [0.2, 0.25) is 0 Å². The summed E-state index contributed by atoms with van der Waals surface area (Å²) in [5.74, 6) is 0.105. The molecular weight excluding hydrogens is 302 g/mol. The third-order valence-corrected chi connectivity index (χ3v) is 4.21. The molecule has 0 aliphatic carbocycles. The van der Waals surface area contributed by atoms with Crippen molar-refractivity contribution in [3.05, 3.63) is 59.0 Å². The van der Waals surface area contributed by atoms with Crippen LogP contribution in [-0.2, 0) is 4.79 Å². The van der Waals surface area contributed by atoms with Crippen molar-refractivity contribution >= 4 is 40.3 Å². The molecule has 1 amide bonds. The van der Waals surface area contributed by atoms with Gasteiger partial charge in [-0.2, -0.15) is 0 Å². The second kappa shape index (κ2) is 5.71. The van der Waals surface area contributed by atoms with E-state index in [1.807, 2.05) is 42.5 Å². The maximum atomic E-state index is 11.6. The molecule has 2 aromatic rings. The summed E-state index contributed by atoms with van der Waals surface area (Å²) in [6.07, 6.45) is 1.82. The lowest BCUT2D eigenvalue weighted by atomic mass is 10.0. The van der Waals surface area contributed by atoms with Crippen LogP contribution in [0.2, 0.25) is 0 Å². The zero-order valence-electron chi connectivity index (χ0n) is 10.9. The van der Waals surface area contributed by atoms with Crippen molar-refractivity contribution in [1.29, 1.82) is 0 Å². The molecular formula is C16H11NO2S2. The number of hydrogen-bond acceptors (Lipinski definition) is 4. The molecule has 3 rings (SSSR count). The number of rotatable bonds is 2. The number of hydrogen-bond donors (Lipinski definition) is 2. The van der Waals surface area contributed by atoms with Crippen LogP contribution in [0.1, 0.15) is 5.56 Å². The van der Waals surface area contributed by atoms with Gasteiger partial charge in [0, 0.05) is 0 Å². The summed E-state index contributed by atoms with van der Waals surface area (Å²) in [4.78, 5) is 12.2. The highest BCUT2D eigenvalue weighted by Crippen LogP contribution is 2.27. The topological polar surface area (TPSA) is 49.3 Å². The van der Waals surface area contributed by atoms with Crippen LogP contribution >= 0.6 is 24.0 Å². The molecule has 1 aliphatic heterocycles. The summed E-state index contributed by atoms with van der Waals surface area (Å²) in [5.41, 5.74) is 3.03. The monoisotopic (exact) mass is 313 g/mol. The van der Waals surface area contributed by atoms with Crippen molar-refractivity contribution in [3.63, 3.8) is 0 Å². The summed E-state index contributed by atoms with van der Waals surface area (Å²) < 4.78 is 0.493. The first-order valence-corrected chi connectivity index (χ1v) is 7.48. The van der Waals surface area contributed by atoms with E-state index in [1.54, 1.807) is 12.1 Å². The van der Waals surface area contributed by atoms with E-state index in [1.165, 1.54) is 11.8 Å². The van der Waals surface area contributed by atoms with E-state index >= 15 is 0 Å². The molecule has 21 heavy (non-hydrogen) atoms. The molecule has 0 saturated carbocycles. The van der Waals surface area contributed by atoms with Crippen LogP contribution in [0, 0.1) is 0 Å². The van der Waals surface area contributed by atoms with Gasteiger partial charge in [0.1, 0.15) is 10.1 Å².